The number of aliphatic hydroxyl groups excluding tert-OH is 1. The predicted octanol–water partition coefficient (Wildman–Crippen LogP) is 1.97. The molecule has 0 aliphatic rings. The fourth-order valence-corrected chi connectivity index (χ4v) is 1.89. The fraction of sp³-hybridized carbons (Fsp3) is 0.571. The molecule has 0 saturated heterocycles. The second-order valence-electron chi connectivity index (χ2n) is 5.06. The Morgan fingerprint density at radius 3 is 2.50 bits per heavy atom. The van der Waals surface area contributed by atoms with Gasteiger partial charge in [-0.1, -0.05) is 13.8 Å². The maximum atomic E-state index is 10.5. The van der Waals surface area contributed by atoms with Crippen molar-refractivity contribution in [3.63, 3.8) is 0 Å². The lowest BCUT2D eigenvalue weighted by molar-refractivity contribution is -0.384. The SMILES string of the molecule is CC(C)CC(CO)NCCOc1ccc([N+](=O)[O-])cc1. The molecule has 1 rings (SSSR count). The molecule has 1 atom stereocenters. The van der Waals surface area contributed by atoms with Crippen LogP contribution in [0, 0.1) is 16.0 Å². The van der Waals surface area contributed by atoms with Crippen LogP contribution in [-0.2, 0) is 0 Å². The molecular weight excluding hydrogens is 260 g/mol. The maximum absolute atomic E-state index is 10.5. The van der Waals surface area contributed by atoms with Crippen molar-refractivity contribution in [2.75, 3.05) is 19.8 Å². The molecule has 0 radical (unpaired) electrons. The van der Waals surface area contributed by atoms with Crippen molar-refractivity contribution in [3.8, 4) is 5.75 Å². The highest BCUT2D eigenvalue weighted by Gasteiger charge is 2.08. The van der Waals surface area contributed by atoms with Gasteiger partial charge < -0.3 is 15.2 Å². The Morgan fingerprint density at radius 2 is 2.00 bits per heavy atom. The van der Waals surface area contributed by atoms with Gasteiger partial charge in [0.2, 0.25) is 0 Å². The first-order valence-corrected chi connectivity index (χ1v) is 6.74. The molecule has 0 heterocycles. The van der Waals surface area contributed by atoms with E-state index in [1.807, 2.05) is 0 Å². The lowest BCUT2D eigenvalue weighted by atomic mass is 10.0. The molecular formula is C14H22N2O4. The largest absolute Gasteiger partial charge is 0.492 e. The van der Waals surface area contributed by atoms with Crippen molar-refractivity contribution in [1.29, 1.82) is 0 Å². The average molecular weight is 282 g/mol. The van der Waals surface area contributed by atoms with E-state index in [0.29, 0.717) is 24.8 Å². The van der Waals surface area contributed by atoms with Gasteiger partial charge in [0, 0.05) is 24.7 Å². The topological polar surface area (TPSA) is 84.6 Å². The summed E-state index contributed by atoms with van der Waals surface area (Å²) in [5.74, 6) is 1.12. The summed E-state index contributed by atoms with van der Waals surface area (Å²) in [6, 6.07) is 6.07. The van der Waals surface area contributed by atoms with E-state index in [9.17, 15) is 15.2 Å². The van der Waals surface area contributed by atoms with Gasteiger partial charge in [0.1, 0.15) is 12.4 Å². The highest BCUT2D eigenvalue weighted by atomic mass is 16.6. The Balaban J connectivity index is 2.28. The Hall–Kier alpha value is -1.66. The number of rotatable bonds is 9. The Bertz CT molecular complexity index is 406. The molecule has 1 unspecified atom stereocenters. The molecule has 0 aromatic heterocycles. The van der Waals surface area contributed by atoms with Crippen LogP contribution < -0.4 is 10.1 Å². The monoisotopic (exact) mass is 282 g/mol. The second kappa shape index (κ2) is 8.50. The maximum Gasteiger partial charge on any atom is 0.269 e. The zero-order chi connectivity index (χ0) is 15.0. The van der Waals surface area contributed by atoms with Crippen molar-refractivity contribution in [2.24, 2.45) is 5.92 Å². The number of non-ortho nitro benzene ring substituents is 1. The molecule has 0 spiro atoms. The molecule has 0 fully saturated rings. The highest BCUT2D eigenvalue weighted by molar-refractivity contribution is 5.35. The number of nitro benzene ring substituents is 1. The number of hydrogen-bond acceptors (Lipinski definition) is 5. The summed E-state index contributed by atoms with van der Waals surface area (Å²) in [5, 5.41) is 22.9. The van der Waals surface area contributed by atoms with Crippen LogP contribution in [0.1, 0.15) is 20.3 Å². The molecule has 1 aromatic rings. The van der Waals surface area contributed by atoms with Gasteiger partial charge in [-0.15, -0.1) is 0 Å². The van der Waals surface area contributed by atoms with Crippen LogP contribution in [0.3, 0.4) is 0 Å². The Labute approximate surface area is 118 Å². The molecule has 0 bridgehead atoms. The Kier molecular flexibility index (Phi) is 6.97. The smallest absolute Gasteiger partial charge is 0.269 e. The zero-order valence-corrected chi connectivity index (χ0v) is 11.9. The molecule has 0 aliphatic heterocycles. The quantitative estimate of drug-likeness (QED) is 0.411. The van der Waals surface area contributed by atoms with Gasteiger partial charge in [-0.3, -0.25) is 10.1 Å². The van der Waals surface area contributed by atoms with E-state index < -0.39 is 4.92 Å². The summed E-state index contributed by atoms with van der Waals surface area (Å²) >= 11 is 0. The van der Waals surface area contributed by atoms with Crippen molar-refractivity contribution < 1.29 is 14.8 Å². The minimum atomic E-state index is -0.441. The molecule has 0 saturated carbocycles. The van der Waals surface area contributed by atoms with Crippen LogP contribution >= 0.6 is 0 Å². The zero-order valence-electron chi connectivity index (χ0n) is 11.9. The number of benzene rings is 1. The number of aliphatic hydroxyl groups is 1. The first kappa shape index (κ1) is 16.4. The fourth-order valence-electron chi connectivity index (χ4n) is 1.89. The lowest BCUT2D eigenvalue weighted by Gasteiger charge is -2.18. The van der Waals surface area contributed by atoms with E-state index >= 15 is 0 Å². The highest BCUT2D eigenvalue weighted by Crippen LogP contribution is 2.16. The van der Waals surface area contributed by atoms with Crippen LogP contribution in [0.4, 0.5) is 5.69 Å². The molecule has 1 aromatic carbocycles. The minimum absolute atomic E-state index is 0.0488. The van der Waals surface area contributed by atoms with Gasteiger partial charge in [0.05, 0.1) is 11.5 Å². The summed E-state index contributed by atoms with van der Waals surface area (Å²) in [6.45, 7) is 5.40. The number of hydrogen-bond donors (Lipinski definition) is 2. The van der Waals surface area contributed by atoms with Crippen molar-refractivity contribution in [1.82, 2.24) is 5.32 Å². The number of nitro groups is 1. The summed E-state index contributed by atoms with van der Waals surface area (Å²) in [6.07, 6.45) is 0.911. The first-order valence-electron chi connectivity index (χ1n) is 6.74. The molecule has 0 amide bonds. The van der Waals surface area contributed by atoms with E-state index in [4.69, 9.17) is 4.74 Å². The minimum Gasteiger partial charge on any atom is -0.492 e. The van der Waals surface area contributed by atoms with Crippen LogP contribution in [-0.4, -0.2) is 35.8 Å². The van der Waals surface area contributed by atoms with Crippen molar-refractivity contribution in [2.45, 2.75) is 26.3 Å². The van der Waals surface area contributed by atoms with Crippen LogP contribution in [0.5, 0.6) is 5.75 Å². The van der Waals surface area contributed by atoms with Crippen LogP contribution in [0.15, 0.2) is 24.3 Å². The van der Waals surface area contributed by atoms with E-state index in [-0.39, 0.29) is 18.3 Å². The summed E-state index contributed by atoms with van der Waals surface area (Å²) in [7, 11) is 0. The third-order valence-corrected chi connectivity index (χ3v) is 2.83. The number of nitrogens with one attached hydrogen (secondary N) is 1. The third kappa shape index (κ3) is 5.99. The Morgan fingerprint density at radius 1 is 1.35 bits per heavy atom. The summed E-state index contributed by atoms with van der Waals surface area (Å²) < 4.78 is 5.47. The van der Waals surface area contributed by atoms with Gasteiger partial charge in [-0.2, -0.15) is 0 Å². The van der Waals surface area contributed by atoms with E-state index in [1.54, 1.807) is 12.1 Å². The lowest BCUT2D eigenvalue weighted by Crippen LogP contribution is -2.36. The molecule has 0 aliphatic carbocycles. The molecule has 6 heteroatoms. The van der Waals surface area contributed by atoms with E-state index in [1.165, 1.54) is 12.1 Å². The van der Waals surface area contributed by atoms with Gasteiger partial charge in [0.15, 0.2) is 0 Å². The van der Waals surface area contributed by atoms with Gasteiger partial charge in [-0.25, -0.2) is 0 Å². The molecule has 20 heavy (non-hydrogen) atoms. The third-order valence-electron chi connectivity index (χ3n) is 2.83. The average Bonchev–Trinajstić information content (AvgIpc) is 2.42. The summed E-state index contributed by atoms with van der Waals surface area (Å²) in [5.41, 5.74) is 0.0488. The van der Waals surface area contributed by atoms with Crippen LogP contribution in [0.25, 0.3) is 0 Å². The van der Waals surface area contributed by atoms with E-state index in [2.05, 4.69) is 19.2 Å². The standard InChI is InChI=1S/C14H22N2O4/c1-11(2)9-12(10-17)15-7-8-20-14-5-3-13(4-6-14)16(18)19/h3-6,11-12,15,17H,7-10H2,1-2H3. The summed E-state index contributed by atoms with van der Waals surface area (Å²) in [4.78, 5) is 10.1. The van der Waals surface area contributed by atoms with Crippen molar-refractivity contribution >= 4 is 5.69 Å². The first-order chi connectivity index (χ1) is 9.52. The normalized spacial score (nSPS) is 12.4. The van der Waals surface area contributed by atoms with Gasteiger partial charge in [-0.05, 0) is 24.5 Å². The number of ether oxygens (including phenoxy) is 1. The van der Waals surface area contributed by atoms with E-state index in [0.717, 1.165) is 6.42 Å². The second-order valence-corrected chi connectivity index (χ2v) is 5.06. The molecule has 6 nitrogen and oxygen atoms in total. The number of nitrogens with zero attached hydrogens (tertiary/aromatic N) is 1. The molecule has 112 valence electrons. The predicted molar refractivity (Wildman–Crippen MR) is 76.9 cm³/mol. The van der Waals surface area contributed by atoms with Gasteiger partial charge in [0.25, 0.3) is 5.69 Å². The molecule has 2 N–H and O–H groups in total. The van der Waals surface area contributed by atoms with Crippen LogP contribution in [0.2, 0.25) is 0 Å². The van der Waals surface area contributed by atoms with Gasteiger partial charge >= 0.3 is 0 Å². The van der Waals surface area contributed by atoms with Crippen molar-refractivity contribution in [3.05, 3.63) is 34.4 Å².